The van der Waals surface area contributed by atoms with Crippen molar-refractivity contribution in [3.63, 3.8) is 0 Å². The van der Waals surface area contributed by atoms with E-state index < -0.39 is 28.5 Å². The fourth-order valence-corrected chi connectivity index (χ4v) is 4.93. The highest BCUT2D eigenvalue weighted by molar-refractivity contribution is 7.92. The number of rotatable bonds is 12. The first-order valence-corrected chi connectivity index (χ1v) is 13.8. The van der Waals surface area contributed by atoms with Crippen molar-refractivity contribution in [2.45, 2.75) is 19.0 Å². The number of likely N-dealkylation sites (N-methyl/N-ethyl adjacent to an activating group) is 1. The average Bonchev–Trinajstić information content (AvgIpc) is 2.93. The van der Waals surface area contributed by atoms with E-state index in [4.69, 9.17) is 9.47 Å². The van der Waals surface area contributed by atoms with Crippen molar-refractivity contribution in [3.8, 4) is 11.5 Å². The van der Waals surface area contributed by atoms with Gasteiger partial charge < -0.3 is 19.7 Å². The number of amides is 2. The average molecular weight is 540 g/mol. The zero-order chi connectivity index (χ0) is 27.7. The predicted molar refractivity (Wildman–Crippen MR) is 147 cm³/mol. The number of methoxy groups -OCH3 is 2. The summed E-state index contributed by atoms with van der Waals surface area (Å²) in [7, 11) is 0.444. The second-order valence-corrected chi connectivity index (χ2v) is 10.5. The van der Waals surface area contributed by atoms with Crippen LogP contribution in [0.2, 0.25) is 0 Å². The van der Waals surface area contributed by atoms with Crippen molar-refractivity contribution in [3.05, 3.63) is 90.0 Å². The van der Waals surface area contributed by atoms with Crippen LogP contribution >= 0.6 is 0 Å². The highest BCUT2D eigenvalue weighted by Crippen LogP contribution is 2.34. The number of benzene rings is 3. The highest BCUT2D eigenvalue weighted by Gasteiger charge is 2.33. The number of hydrogen-bond donors (Lipinski definition) is 1. The third kappa shape index (κ3) is 7.25. The molecule has 0 fully saturated rings. The molecule has 0 aliphatic rings. The first kappa shape index (κ1) is 28.5. The lowest BCUT2D eigenvalue weighted by molar-refractivity contribution is -0.139. The van der Waals surface area contributed by atoms with Crippen LogP contribution in [0.5, 0.6) is 11.5 Å². The Labute approximate surface area is 224 Å². The molecule has 0 aliphatic carbocycles. The summed E-state index contributed by atoms with van der Waals surface area (Å²) in [6.45, 7) is -0.436. The van der Waals surface area contributed by atoms with Gasteiger partial charge in [-0.3, -0.25) is 13.9 Å². The molecule has 38 heavy (non-hydrogen) atoms. The second-order valence-electron chi connectivity index (χ2n) is 8.63. The Morgan fingerprint density at radius 1 is 0.895 bits per heavy atom. The van der Waals surface area contributed by atoms with Gasteiger partial charge in [0, 0.05) is 26.1 Å². The number of hydrogen-bond acceptors (Lipinski definition) is 6. The summed E-state index contributed by atoms with van der Waals surface area (Å²) >= 11 is 0. The summed E-state index contributed by atoms with van der Waals surface area (Å²) < 4.78 is 37.5. The lowest BCUT2D eigenvalue weighted by Crippen LogP contribution is -2.52. The van der Waals surface area contributed by atoms with Gasteiger partial charge in [-0.05, 0) is 23.3 Å². The SMILES string of the molecule is CNC(=O)[C@@H](Cc1ccccc1)N(Cc1ccccc1)C(=O)CN(c1cc(OC)ccc1OC)S(C)(=O)=O. The lowest BCUT2D eigenvalue weighted by atomic mass is 10.0. The Balaban J connectivity index is 2.06. The van der Waals surface area contributed by atoms with Crippen molar-refractivity contribution in [2.24, 2.45) is 0 Å². The molecule has 0 spiro atoms. The number of carbonyl (C=O) groups excluding carboxylic acids is 2. The van der Waals surface area contributed by atoms with Gasteiger partial charge in [-0.1, -0.05) is 60.7 Å². The first-order chi connectivity index (χ1) is 18.2. The van der Waals surface area contributed by atoms with E-state index in [9.17, 15) is 18.0 Å². The molecule has 3 aromatic carbocycles. The molecule has 9 nitrogen and oxygen atoms in total. The minimum absolute atomic E-state index is 0.109. The number of nitrogens with one attached hydrogen (secondary N) is 1. The maximum atomic E-state index is 14.0. The zero-order valence-electron chi connectivity index (χ0n) is 22.0. The van der Waals surface area contributed by atoms with E-state index in [1.54, 1.807) is 12.1 Å². The fourth-order valence-electron chi connectivity index (χ4n) is 4.09. The van der Waals surface area contributed by atoms with E-state index in [0.29, 0.717) is 5.75 Å². The van der Waals surface area contributed by atoms with Gasteiger partial charge >= 0.3 is 0 Å². The van der Waals surface area contributed by atoms with Crippen LogP contribution < -0.4 is 19.1 Å². The summed E-state index contributed by atoms with van der Waals surface area (Å²) in [4.78, 5) is 28.5. The van der Waals surface area contributed by atoms with Crippen LogP contribution in [-0.2, 0) is 32.6 Å². The quantitative estimate of drug-likeness (QED) is 0.380. The van der Waals surface area contributed by atoms with E-state index in [0.717, 1.165) is 21.7 Å². The molecular formula is C28H33N3O6S. The molecule has 0 aliphatic heterocycles. The van der Waals surface area contributed by atoms with E-state index in [-0.39, 0.29) is 30.3 Å². The highest BCUT2D eigenvalue weighted by atomic mass is 32.2. The smallest absolute Gasteiger partial charge is 0.244 e. The van der Waals surface area contributed by atoms with Crippen LogP contribution in [-0.4, -0.2) is 65.2 Å². The number of sulfonamides is 1. The van der Waals surface area contributed by atoms with Gasteiger partial charge in [-0.2, -0.15) is 0 Å². The molecule has 0 saturated heterocycles. The van der Waals surface area contributed by atoms with E-state index >= 15 is 0 Å². The van der Waals surface area contributed by atoms with Crippen molar-refractivity contribution in [2.75, 3.05) is 38.4 Å². The minimum Gasteiger partial charge on any atom is -0.497 e. The Bertz CT molecular complexity index is 1330. The van der Waals surface area contributed by atoms with Gasteiger partial charge in [-0.15, -0.1) is 0 Å². The van der Waals surface area contributed by atoms with Crippen molar-refractivity contribution < 1.29 is 27.5 Å². The molecule has 0 unspecified atom stereocenters. The first-order valence-electron chi connectivity index (χ1n) is 12.0. The van der Waals surface area contributed by atoms with Crippen molar-refractivity contribution >= 4 is 27.5 Å². The summed E-state index contributed by atoms with van der Waals surface area (Å²) in [6, 6.07) is 22.4. The van der Waals surface area contributed by atoms with Crippen LogP contribution in [0, 0.1) is 0 Å². The topological polar surface area (TPSA) is 105 Å². The molecule has 0 aromatic heterocycles. The molecule has 1 N–H and O–H groups in total. The van der Waals surface area contributed by atoms with Gasteiger partial charge in [0.15, 0.2) is 0 Å². The van der Waals surface area contributed by atoms with Crippen molar-refractivity contribution in [1.29, 1.82) is 0 Å². The summed E-state index contributed by atoms with van der Waals surface area (Å²) in [6.07, 6.45) is 1.27. The van der Waals surface area contributed by atoms with E-state index in [2.05, 4.69) is 5.32 Å². The Hall–Kier alpha value is -4.05. The van der Waals surface area contributed by atoms with Crippen LogP contribution in [0.15, 0.2) is 78.9 Å². The molecule has 2 amide bonds. The van der Waals surface area contributed by atoms with Crippen LogP contribution in [0.3, 0.4) is 0 Å². The standard InChI is InChI=1S/C28H33N3O6S/c1-29-28(33)25(17-21-11-7-5-8-12-21)30(19-22-13-9-6-10-14-22)27(32)20-31(38(4,34)35)24-18-23(36-2)15-16-26(24)37-3/h5-16,18,25H,17,19-20H2,1-4H3,(H,29,33)/t25-/m1/s1. The fraction of sp³-hybridized carbons (Fsp3) is 0.286. The number of ether oxygens (including phenoxy) is 2. The monoisotopic (exact) mass is 539 g/mol. The number of carbonyl (C=O) groups is 2. The van der Waals surface area contributed by atoms with Crippen LogP contribution in [0.4, 0.5) is 5.69 Å². The molecule has 202 valence electrons. The van der Waals surface area contributed by atoms with Gasteiger partial charge in [-0.25, -0.2) is 8.42 Å². The maximum Gasteiger partial charge on any atom is 0.244 e. The Morgan fingerprint density at radius 2 is 1.50 bits per heavy atom. The van der Waals surface area contributed by atoms with Crippen LogP contribution in [0.25, 0.3) is 0 Å². The second kappa shape index (κ2) is 13.0. The third-order valence-electron chi connectivity index (χ3n) is 6.05. The summed E-state index contributed by atoms with van der Waals surface area (Å²) in [5.41, 5.74) is 1.82. The molecule has 0 heterocycles. The third-order valence-corrected chi connectivity index (χ3v) is 7.17. The molecule has 3 aromatic rings. The summed E-state index contributed by atoms with van der Waals surface area (Å²) in [5, 5.41) is 2.65. The molecular weight excluding hydrogens is 506 g/mol. The largest absolute Gasteiger partial charge is 0.497 e. The van der Waals surface area contributed by atoms with Gasteiger partial charge in [0.2, 0.25) is 21.8 Å². The number of anilines is 1. The van der Waals surface area contributed by atoms with Gasteiger partial charge in [0.1, 0.15) is 24.1 Å². The van der Waals surface area contributed by atoms with E-state index in [1.165, 1.54) is 32.2 Å². The molecule has 10 heteroatoms. The summed E-state index contributed by atoms with van der Waals surface area (Å²) in [5.74, 6) is -0.252. The van der Waals surface area contributed by atoms with E-state index in [1.807, 2.05) is 60.7 Å². The van der Waals surface area contributed by atoms with Crippen molar-refractivity contribution in [1.82, 2.24) is 10.2 Å². The minimum atomic E-state index is -3.94. The molecule has 0 bridgehead atoms. The molecule has 1 atom stereocenters. The maximum absolute atomic E-state index is 14.0. The molecule has 0 saturated carbocycles. The van der Waals surface area contributed by atoms with Gasteiger partial charge in [0.05, 0.1) is 26.2 Å². The molecule has 3 rings (SSSR count). The zero-order valence-corrected chi connectivity index (χ0v) is 22.8. The Morgan fingerprint density at radius 3 is 2.03 bits per heavy atom. The van der Waals surface area contributed by atoms with Gasteiger partial charge in [0.25, 0.3) is 0 Å². The molecule has 0 radical (unpaired) electrons. The van der Waals surface area contributed by atoms with Crippen LogP contribution in [0.1, 0.15) is 11.1 Å². The normalized spacial score (nSPS) is 11.8. The Kier molecular flexibility index (Phi) is 9.72. The number of nitrogens with zero attached hydrogens (tertiary/aromatic N) is 2. The lowest BCUT2D eigenvalue weighted by Gasteiger charge is -2.33. The predicted octanol–water partition coefficient (Wildman–Crippen LogP) is 2.86.